The quantitative estimate of drug-likeness (QED) is 0.626. The van der Waals surface area contributed by atoms with E-state index in [0.717, 1.165) is 0 Å². The van der Waals surface area contributed by atoms with Gasteiger partial charge in [-0.1, -0.05) is 27.5 Å². The first-order valence-corrected chi connectivity index (χ1v) is 5.17. The van der Waals surface area contributed by atoms with Gasteiger partial charge in [0.1, 0.15) is 0 Å². The highest BCUT2D eigenvalue weighted by molar-refractivity contribution is 9.08. The molecular weight excluding hydrogens is 279 g/mol. The van der Waals surface area contributed by atoms with Crippen LogP contribution >= 0.6 is 27.5 Å². The van der Waals surface area contributed by atoms with E-state index in [4.69, 9.17) is 16.3 Å². The van der Waals surface area contributed by atoms with Gasteiger partial charge >= 0.3 is 0 Å². The highest BCUT2D eigenvalue weighted by Gasteiger charge is 2.17. The Morgan fingerprint density at radius 1 is 1.64 bits per heavy atom. The average molecular weight is 287 g/mol. The number of pyridine rings is 1. The van der Waals surface area contributed by atoms with E-state index >= 15 is 0 Å². The van der Waals surface area contributed by atoms with Gasteiger partial charge in [-0.15, -0.1) is 0 Å². The van der Waals surface area contributed by atoms with Crippen molar-refractivity contribution in [2.75, 3.05) is 7.11 Å². The highest BCUT2D eigenvalue weighted by Crippen LogP contribution is 2.31. The molecule has 0 aliphatic rings. The lowest BCUT2D eigenvalue weighted by Gasteiger charge is -2.09. The highest BCUT2D eigenvalue weighted by atomic mass is 79.9. The van der Waals surface area contributed by atoms with Gasteiger partial charge in [0, 0.05) is 10.9 Å². The first kappa shape index (κ1) is 11.7. The maximum absolute atomic E-state index is 12.5. The monoisotopic (exact) mass is 285 g/mol. The van der Waals surface area contributed by atoms with Crippen molar-refractivity contribution >= 4 is 27.5 Å². The minimum absolute atomic E-state index is 0.0892. The van der Waals surface area contributed by atoms with Gasteiger partial charge in [0.25, 0.3) is 6.43 Å². The molecule has 78 valence electrons. The SMILES string of the molecule is COc1cc(C(F)F)c(CBr)nc1Cl. The van der Waals surface area contributed by atoms with Gasteiger partial charge in [-0.25, -0.2) is 13.8 Å². The Bertz CT molecular complexity index is 335. The van der Waals surface area contributed by atoms with Gasteiger partial charge in [0.15, 0.2) is 10.9 Å². The lowest BCUT2D eigenvalue weighted by molar-refractivity contribution is 0.149. The fourth-order valence-electron chi connectivity index (χ4n) is 0.961. The number of aromatic nitrogens is 1. The summed E-state index contributed by atoms with van der Waals surface area (Å²) in [6.45, 7) is 0. The van der Waals surface area contributed by atoms with E-state index in [-0.39, 0.29) is 27.5 Å². The molecular formula is C8H7BrClF2NO. The first-order valence-electron chi connectivity index (χ1n) is 3.67. The lowest BCUT2D eigenvalue weighted by atomic mass is 10.2. The molecule has 6 heteroatoms. The molecule has 1 aromatic heterocycles. The van der Waals surface area contributed by atoms with E-state index in [1.165, 1.54) is 13.2 Å². The van der Waals surface area contributed by atoms with Crippen LogP contribution in [0.15, 0.2) is 6.07 Å². The van der Waals surface area contributed by atoms with Crippen molar-refractivity contribution in [3.8, 4) is 5.75 Å². The van der Waals surface area contributed by atoms with Crippen LogP contribution in [0.1, 0.15) is 17.7 Å². The van der Waals surface area contributed by atoms with Crippen LogP contribution in [0.2, 0.25) is 5.15 Å². The van der Waals surface area contributed by atoms with Gasteiger partial charge in [-0.05, 0) is 6.07 Å². The number of rotatable bonds is 3. The Kier molecular flexibility index (Phi) is 4.07. The molecule has 0 aliphatic heterocycles. The second kappa shape index (κ2) is 4.89. The second-order valence-electron chi connectivity index (χ2n) is 2.45. The van der Waals surface area contributed by atoms with Gasteiger partial charge < -0.3 is 4.74 Å². The van der Waals surface area contributed by atoms with E-state index < -0.39 is 6.43 Å². The van der Waals surface area contributed by atoms with Crippen LogP contribution in [0.3, 0.4) is 0 Å². The molecule has 0 aliphatic carbocycles. The summed E-state index contributed by atoms with van der Waals surface area (Å²) in [5, 5.41) is 0.322. The Morgan fingerprint density at radius 3 is 2.71 bits per heavy atom. The number of hydrogen-bond donors (Lipinski definition) is 0. The second-order valence-corrected chi connectivity index (χ2v) is 3.37. The predicted octanol–water partition coefficient (Wildman–Crippen LogP) is 3.58. The zero-order valence-electron chi connectivity index (χ0n) is 7.23. The summed E-state index contributed by atoms with van der Waals surface area (Å²) >= 11 is 8.75. The molecule has 2 nitrogen and oxygen atoms in total. The number of halogens is 4. The molecule has 0 unspecified atom stereocenters. The fraction of sp³-hybridized carbons (Fsp3) is 0.375. The minimum Gasteiger partial charge on any atom is -0.494 e. The Balaban J connectivity index is 3.25. The van der Waals surface area contributed by atoms with Crippen molar-refractivity contribution in [2.45, 2.75) is 11.8 Å². The smallest absolute Gasteiger partial charge is 0.265 e. The molecule has 0 radical (unpaired) electrons. The molecule has 1 rings (SSSR count). The van der Waals surface area contributed by atoms with E-state index in [2.05, 4.69) is 20.9 Å². The number of alkyl halides is 3. The van der Waals surface area contributed by atoms with Crippen molar-refractivity contribution in [1.29, 1.82) is 0 Å². The number of nitrogens with zero attached hydrogens (tertiary/aromatic N) is 1. The largest absolute Gasteiger partial charge is 0.494 e. The normalized spacial score (nSPS) is 10.7. The molecule has 1 heterocycles. The van der Waals surface area contributed by atoms with Crippen LogP contribution in [0.4, 0.5) is 8.78 Å². The number of hydrogen-bond acceptors (Lipinski definition) is 2. The molecule has 0 bridgehead atoms. The van der Waals surface area contributed by atoms with Crippen molar-refractivity contribution in [3.63, 3.8) is 0 Å². The first-order chi connectivity index (χ1) is 6.60. The number of ether oxygens (including phenoxy) is 1. The van der Waals surface area contributed by atoms with Crippen LogP contribution < -0.4 is 4.74 Å². The molecule has 0 atom stereocenters. The summed E-state index contributed by atoms with van der Waals surface area (Å²) in [4.78, 5) is 3.80. The van der Waals surface area contributed by atoms with Crippen LogP contribution in [0.5, 0.6) is 5.75 Å². The van der Waals surface area contributed by atoms with Gasteiger partial charge in [-0.2, -0.15) is 0 Å². The van der Waals surface area contributed by atoms with Crippen LogP contribution in [-0.4, -0.2) is 12.1 Å². The molecule has 1 aromatic rings. The average Bonchev–Trinajstić information content (AvgIpc) is 2.16. The third-order valence-corrected chi connectivity index (χ3v) is 2.44. The minimum atomic E-state index is -2.58. The standard InChI is InChI=1S/C8H7BrClF2NO/c1-14-6-2-4(8(11)12)5(3-9)13-7(6)10/h2,8H,3H2,1H3. The molecule has 0 saturated heterocycles. The van der Waals surface area contributed by atoms with Crippen LogP contribution in [0.25, 0.3) is 0 Å². The molecule has 0 fully saturated rings. The summed E-state index contributed by atoms with van der Waals surface area (Å²) < 4.78 is 29.8. The summed E-state index contributed by atoms with van der Waals surface area (Å²) in [6, 6.07) is 1.20. The van der Waals surface area contributed by atoms with E-state index in [1.807, 2.05) is 0 Å². The Morgan fingerprint density at radius 2 is 2.29 bits per heavy atom. The Labute approximate surface area is 93.4 Å². The lowest BCUT2D eigenvalue weighted by Crippen LogP contribution is -1.99. The summed E-state index contributed by atoms with van der Waals surface area (Å²) in [5.41, 5.74) is 0.0638. The molecule has 0 N–H and O–H groups in total. The summed E-state index contributed by atoms with van der Waals surface area (Å²) in [7, 11) is 1.35. The van der Waals surface area contributed by atoms with Gasteiger partial charge in [-0.3, -0.25) is 0 Å². The van der Waals surface area contributed by atoms with E-state index in [9.17, 15) is 8.78 Å². The van der Waals surface area contributed by atoms with Crippen molar-refractivity contribution < 1.29 is 13.5 Å². The third kappa shape index (κ3) is 2.33. The summed E-state index contributed by atoms with van der Waals surface area (Å²) in [6.07, 6.45) is -2.58. The molecule has 0 aromatic carbocycles. The van der Waals surface area contributed by atoms with E-state index in [1.54, 1.807) is 0 Å². The van der Waals surface area contributed by atoms with Crippen molar-refractivity contribution in [1.82, 2.24) is 4.98 Å². The molecule has 0 spiro atoms. The van der Waals surface area contributed by atoms with Crippen LogP contribution in [0, 0.1) is 0 Å². The maximum Gasteiger partial charge on any atom is 0.265 e. The van der Waals surface area contributed by atoms with Crippen molar-refractivity contribution in [3.05, 3.63) is 22.5 Å². The van der Waals surface area contributed by atoms with E-state index in [0.29, 0.717) is 0 Å². The molecule has 0 amide bonds. The van der Waals surface area contributed by atoms with Crippen molar-refractivity contribution in [2.24, 2.45) is 0 Å². The third-order valence-electron chi connectivity index (χ3n) is 1.64. The zero-order chi connectivity index (χ0) is 10.7. The van der Waals surface area contributed by atoms with Gasteiger partial charge in [0.2, 0.25) is 0 Å². The fourth-order valence-corrected chi connectivity index (χ4v) is 1.64. The molecule has 14 heavy (non-hydrogen) atoms. The van der Waals surface area contributed by atoms with Gasteiger partial charge in [0.05, 0.1) is 12.8 Å². The predicted molar refractivity (Wildman–Crippen MR) is 53.4 cm³/mol. The van der Waals surface area contributed by atoms with Crippen LogP contribution in [-0.2, 0) is 5.33 Å². The Hall–Kier alpha value is -0.420. The zero-order valence-corrected chi connectivity index (χ0v) is 9.57. The maximum atomic E-state index is 12.5. The molecule has 0 saturated carbocycles. The summed E-state index contributed by atoms with van der Waals surface area (Å²) in [5.74, 6) is 0.159. The number of methoxy groups -OCH3 is 1. The topological polar surface area (TPSA) is 22.1 Å².